The second kappa shape index (κ2) is 6.56. The van der Waals surface area contributed by atoms with Crippen molar-refractivity contribution in [1.29, 1.82) is 0 Å². The first kappa shape index (κ1) is 13.9. The Balaban J connectivity index is 1.88. The molecule has 1 heterocycles. The summed E-state index contributed by atoms with van der Waals surface area (Å²) >= 11 is 0. The van der Waals surface area contributed by atoms with Crippen molar-refractivity contribution in [3.05, 3.63) is 60.2 Å². The maximum Gasteiger partial charge on any atom is 0.251 e. The van der Waals surface area contributed by atoms with Crippen LogP contribution in [0.1, 0.15) is 23.1 Å². The van der Waals surface area contributed by atoms with Crippen LogP contribution < -0.4 is 10.1 Å². The SMILES string of the molecule is C=C(C)COc1ccc(C(=O)NCc2ncc[nH]2)cc1. The number of ether oxygens (including phenoxy) is 1. The van der Waals surface area contributed by atoms with Crippen molar-refractivity contribution in [3.63, 3.8) is 0 Å². The fraction of sp³-hybridized carbons (Fsp3) is 0.200. The van der Waals surface area contributed by atoms with Crippen LogP contribution in [-0.2, 0) is 6.54 Å². The van der Waals surface area contributed by atoms with Crippen LogP contribution in [0, 0.1) is 0 Å². The highest BCUT2D eigenvalue weighted by Gasteiger charge is 2.06. The minimum absolute atomic E-state index is 0.146. The number of hydrogen-bond acceptors (Lipinski definition) is 3. The van der Waals surface area contributed by atoms with Crippen molar-refractivity contribution in [3.8, 4) is 5.75 Å². The number of benzene rings is 1. The van der Waals surface area contributed by atoms with Crippen LogP contribution in [0.15, 0.2) is 48.8 Å². The number of aromatic amines is 1. The summed E-state index contributed by atoms with van der Waals surface area (Å²) in [4.78, 5) is 18.9. The summed E-state index contributed by atoms with van der Waals surface area (Å²) in [6.07, 6.45) is 3.37. The normalized spacial score (nSPS) is 10.1. The maximum absolute atomic E-state index is 11.9. The zero-order chi connectivity index (χ0) is 14.4. The predicted octanol–water partition coefficient (Wildman–Crippen LogP) is 2.29. The summed E-state index contributed by atoms with van der Waals surface area (Å²) in [5.41, 5.74) is 1.53. The van der Waals surface area contributed by atoms with E-state index in [2.05, 4.69) is 21.9 Å². The molecule has 0 atom stereocenters. The van der Waals surface area contributed by atoms with Gasteiger partial charge in [-0.15, -0.1) is 0 Å². The average molecular weight is 271 g/mol. The molecule has 0 aliphatic rings. The smallest absolute Gasteiger partial charge is 0.251 e. The third-order valence-corrected chi connectivity index (χ3v) is 2.57. The molecule has 2 rings (SSSR count). The first-order valence-electron chi connectivity index (χ1n) is 6.29. The monoisotopic (exact) mass is 271 g/mol. The molecule has 0 aliphatic carbocycles. The molecular formula is C15H17N3O2. The number of amides is 1. The van der Waals surface area contributed by atoms with Crippen molar-refractivity contribution in [2.45, 2.75) is 13.5 Å². The number of aromatic nitrogens is 2. The molecule has 0 spiro atoms. The molecule has 1 aromatic carbocycles. The number of nitrogens with one attached hydrogen (secondary N) is 2. The minimum Gasteiger partial charge on any atom is -0.489 e. The van der Waals surface area contributed by atoms with Crippen LogP contribution in [0.5, 0.6) is 5.75 Å². The van der Waals surface area contributed by atoms with Gasteiger partial charge < -0.3 is 15.0 Å². The van der Waals surface area contributed by atoms with E-state index in [0.29, 0.717) is 18.7 Å². The summed E-state index contributed by atoms with van der Waals surface area (Å²) in [5, 5.41) is 2.78. The Morgan fingerprint density at radius 3 is 2.75 bits per heavy atom. The van der Waals surface area contributed by atoms with Crippen LogP contribution >= 0.6 is 0 Å². The zero-order valence-corrected chi connectivity index (χ0v) is 11.3. The molecule has 0 saturated heterocycles. The number of imidazole rings is 1. The van der Waals surface area contributed by atoms with Gasteiger partial charge in [0, 0.05) is 18.0 Å². The van der Waals surface area contributed by atoms with Crippen molar-refractivity contribution in [2.75, 3.05) is 6.61 Å². The third kappa shape index (κ3) is 3.98. The first-order chi connectivity index (χ1) is 9.65. The van der Waals surface area contributed by atoms with Crippen LogP contribution in [0.3, 0.4) is 0 Å². The van der Waals surface area contributed by atoms with E-state index in [4.69, 9.17) is 4.74 Å². The summed E-state index contributed by atoms with van der Waals surface area (Å²) in [7, 11) is 0. The minimum atomic E-state index is -0.146. The van der Waals surface area contributed by atoms with Gasteiger partial charge in [0.05, 0.1) is 6.54 Å². The van der Waals surface area contributed by atoms with E-state index in [1.807, 2.05) is 6.92 Å². The van der Waals surface area contributed by atoms with Gasteiger partial charge in [0.25, 0.3) is 5.91 Å². The number of carbonyl (C=O) groups excluding carboxylic acids is 1. The second-order valence-corrected chi connectivity index (χ2v) is 4.49. The van der Waals surface area contributed by atoms with E-state index in [-0.39, 0.29) is 5.91 Å². The number of rotatable bonds is 6. The van der Waals surface area contributed by atoms with Crippen LogP contribution in [0.4, 0.5) is 0 Å². The molecule has 1 aromatic heterocycles. The highest BCUT2D eigenvalue weighted by molar-refractivity contribution is 5.94. The van der Waals surface area contributed by atoms with Crippen LogP contribution in [-0.4, -0.2) is 22.5 Å². The number of nitrogens with zero attached hydrogens (tertiary/aromatic N) is 1. The highest BCUT2D eigenvalue weighted by atomic mass is 16.5. The molecule has 1 amide bonds. The number of H-pyrrole nitrogens is 1. The van der Waals surface area contributed by atoms with Gasteiger partial charge in [-0.25, -0.2) is 4.98 Å². The van der Waals surface area contributed by atoms with Gasteiger partial charge in [-0.3, -0.25) is 4.79 Å². The molecule has 0 fully saturated rings. The number of hydrogen-bond donors (Lipinski definition) is 2. The Kier molecular flexibility index (Phi) is 4.55. The van der Waals surface area contributed by atoms with Gasteiger partial charge >= 0.3 is 0 Å². The molecule has 0 radical (unpaired) electrons. The van der Waals surface area contributed by atoms with E-state index in [9.17, 15) is 4.79 Å². The fourth-order valence-electron chi connectivity index (χ4n) is 1.57. The Labute approximate surface area is 117 Å². The van der Waals surface area contributed by atoms with Crippen molar-refractivity contribution >= 4 is 5.91 Å². The summed E-state index contributed by atoms with van der Waals surface area (Å²) in [5.74, 6) is 1.29. The number of carbonyl (C=O) groups is 1. The highest BCUT2D eigenvalue weighted by Crippen LogP contribution is 2.13. The van der Waals surface area contributed by atoms with Gasteiger partial charge in [-0.1, -0.05) is 6.58 Å². The molecule has 0 aliphatic heterocycles. The molecule has 0 unspecified atom stereocenters. The molecule has 2 N–H and O–H groups in total. The van der Waals surface area contributed by atoms with E-state index in [1.54, 1.807) is 36.7 Å². The van der Waals surface area contributed by atoms with Crippen molar-refractivity contribution in [1.82, 2.24) is 15.3 Å². The summed E-state index contributed by atoms with van der Waals surface area (Å²) in [6.45, 7) is 6.52. The first-order valence-corrected chi connectivity index (χ1v) is 6.29. The van der Waals surface area contributed by atoms with Gasteiger partial charge in [0.2, 0.25) is 0 Å². The van der Waals surface area contributed by atoms with Crippen molar-refractivity contribution in [2.24, 2.45) is 0 Å². The molecule has 5 nitrogen and oxygen atoms in total. The molecule has 2 aromatic rings. The molecule has 5 heteroatoms. The molecular weight excluding hydrogens is 254 g/mol. The average Bonchev–Trinajstić information content (AvgIpc) is 2.96. The van der Waals surface area contributed by atoms with E-state index < -0.39 is 0 Å². The van der Waals surface area contributed by atoms with Crippen LogP contribution in [0.2, 0.25) is 0 Å². The molecule has 20 heavy (non-hydrogen) atoms. The third-order valence-electron chi connectivity index (χ3n) is 2.57. The Bertz CT molecular complexity index is 574. The van der Waals surface area contributed by atoms with E-state index in [0.717, 1.165) is 17.1 Å². The van der Waals surface area contributed by atoms with Crippen molar-refractivity contribution < 1.29 is 9.53 Å². The van der Waals surface area contributed by atoms with Gasteiger partial charge in [-0.05, 0) is 36.8 Å². The lowest BCUT2D eigenvalue weighted by Crippen LogP contribution is -2.23. The van der Waals surface area contributed by atoms with Gasteiger partial charge in [0.1, 0.15) is 18.2 Å². The summed E-state index contributed by atoms with van der Waals surface area (Å²) < 4.78 is 5.47. The fourth-order valence-corrected chi connectivity index (χ4v) is 1.57. The lowest BCUT2D eigenvalue weighted by atomic mass is 10.2. The van der Waals surface area contributed by atoms with Crippen LogP contribution in [0.25, 0.3) is 0 Å². The predicted molar refractivity (Wildman–Crippen MR) is 76.5 cm³/mol. The van der Waals surface area contributed by atoms with Gasteiger partial charge in [-0.2, -0.15) is 0 Å². The Hall–Kier alpha value is -2.56. The standard InChI is InChI=1S/C15H17N3O2/c1-11(2)10-20-13-5-3-12(4-6-13)15(19)18-9-14-16-7-8-17-14/h3-8H,1,9-10H2,2H3,(H,16,17)(H,18,19). The van der Waals surface area contributed by atoms with E-state index >= 15 is 0 Å². The van der Waals surface area contributed by atoms with Gasteiger partial charge in [0.15, 0.2) is 0 Å². The molecule has 0 saturated carbocycles. The summed E-state index contributed by atoms with van der Waals surface area (Å²) in [6, 6.07) is 6.99. The Morgan fingerprint density at radius 2 is 2.15 bits per heavy atom. The van der Waals surface area contributed by atoms with E-state index in [1.165, 1.54) is 0 Å². The Morgan fingerprint density at radius 1 is 1.40 bits per heavy atom. The molecule has 104 valence electrons. The lowest BCUT2D eigenvalue weighted by Gasteiger charge is -2.07. The zero-order valence-electron chi connectivity index (χ0n) is 11.3. The molecule has 0 bridgehead atoms. The second-order valence-electron chi connectivity index (χ2n) is 4.49. The quantitative estimate of drug-likeness (QED) is 0.792. The topological polar surface area (TPSA) is 67.0 Å². The lowest BCUT2D eigenvalue weighted by molar-refractivity contribution is 0.0950. The largest absolute Gasteiger partial charge is 0.489 e. The maximum atomic E-state index is 11.9.